The molecule has 19 heavy (non-hydrogen) atoms. The molecule has 0 atom stereocenters. The predicted molar refractivity (Wildman–Crippen MR) is 72.8 cm³/mol. The molecule has 0 aliphatic heterocycles. The van der Waals surface area contributed by atoms with Gasteiger partial charge in [-0.15, -0.1) is 0 Å². The second-order valence-electron chi connectivity index (χ2n) is 3.85. The monoisotopic (exact) mass is 285 g/mol. The smallest absolute Gasteiger partial charge is 0.337 e. The number of anilines is 1. The van der Waals surface area contributed by atoms with E-state index >= 15 is 0 Å². The summed E-state index contributed by atoms with van der Waals surface area (Å²) in [4.78, 5) is 22.5. The number of rotatable bonds is 7. The lowest BCUT2D eigenvalue weighted by Crippen LogP contribution is -2.13. The Morgan fingerprint density at radius 1 is 1.42 bits per heavy atom. The summed E-state index contributed by atoms with van der Waals surface area (Å²) in [5.74, 6) is -1.31. The summed E-state index contributed by atoms with van der Waals surface area (Å²) in [7, 11) is 0. The fraction of sp³-hybridized carbons (Fsp3) is 0.385. The third kappa shape index (κ3) is 5.28. The molecule has 1 amide bonds. The highest BCUT2D eigenvalue weighted by atomic mass is 35.5. The molecule has 0 fully saturated rings. The van der Waals surface area contributed by atoms with Crippen molar-refractivity contribution < 1.29 is 19.4 Å². The average molecular weight is 286 g/mol. The van der Waals surface area contributed by atoms with Crippen molar-refractivity contribution in [3.05, 3.63) is 28.8 Å². The average Bonchev–Trinajstić information content (AvgIpc) is 2.36. The molecule has 0 heterocycles. The van der Waals surface area contributed by atoms with Gasteiger partial charge in [-0.3, -0.25) is 4.79 Å². The van der Waals surface area contributed by atoms with Crippen molar-refractivity contribution in [3.63, 3.8) is 0 Å². The molecule has 0 saturated heterocycles. The number of hydrogen-bond donors (Lipinski definition) is 2. The summed E-state index contributed by atoms with van der Waals surface area (Å²) in [6, 6.07) is 4.35. The number of carbonyl (C=O) groups is 2. The van der Waals surface area contributed by atoms with Crippen LogP contribution in [0.5, 0.6) is 0 Å². The number of carboxylic acids is 1. The standard InChI is InChI=1S/C13H16ClNO4/c1-2-19-7-3-4-12(16)15-9-5-6-11(14)10(8-9)13(17)18/h5-6,8H,2-4,7H2,1H3,(H,15,16)(H,17,18). The van der Waals surface area contributed by atoms with Gasteiger partial charge < -0.3 is 15.2 Å². The highest BCUT2D eigenvalue weighted by Gasteiger charge is 2.10. The van der Waals surface area contributed by atoms with Crippen LogP contribution in [0.15, 0.2) is 18.2 Å². The first-order chi connectivity index (χ1) is 9.04. The number of amides is 1. The third-order valence-electron chi connectivity index (χ3n) is 2.38. The van der Waals surface area contributed by atoms with Crippen LogP contribution in [0.25, 0.3) is 0 Å². The Balaban J connectivity index is 2.55. The van der Waals surface area contributed by atoms with Gasteiger partial charge in [0.25, 0.3) is 0 Å². The zero-order valence-electron chi connectivity index (χ0n) is 10.6. The molecule has 1 aromatic carbocycles. The Morgan fingerprint density at radius 2 is 2.16 bits per heavy atom. The van der Waals surface area contributed by atoms with Gasteiger partial charge in [0.05, 0.1) is 10.6 Å². The summed E-state index contributed by atoms with van der Waals surface area (Å²) >= 11 is 5.74. The van der Waals surface area contributed by atoms with Crippen LogP contribution in [-0.2, 0) is 9.53 Å². The van der Waals surface area contributed by atoms with Crippen molar-refractivity contribution in [1.29, 1.82) is 0 Å². The lowest BCUT2D eigenvalue weighted by molar-refractivity contribution is -0.116. The fourth-order valence-corrected chi connectivity index (χ4v) is 1.67. The molecule has 0 saturated carbocycles. The van der Waals surface area contributed by atoms with Crippen LogP contribution < -0.4 is 5.32 Å². The molecule has 0 bridgehead atoms. The number of ether oxygens (including phenoxy) is 1. The maximum Gasteiger partial charge on any atom is 0.337 e. The molecule has 0 aliphatic rings. The number of aromatic carboxylic acids is 1. The van der Waals surface area contributed by atoms with E-state index in [0.29, 0.717) is 31.7 Å². The van der Waals surface area contributed by atoms with Gasteiger partial charge in [0, 0.05) is 25.3 Å². The Labute approximate surface area is 116 Å². The van der Waals surface area contributed by atoms with Crippen LogP contribution in [0, 0.1) is 0 Å². The van der Waals surface area contributed by atoms with Gasteiger partial charge in [-0.1, -0.05) is 11.6 Å². The van der Waals surface area contributed by atoms with E-state index in [0.717, 1.165) is 0 Å². The summed E-state index contributed by atoms with van der Waals surface area (Å²) in [5.41, 5.74) is 0.386. The molecule has 2 N–H and O–H groups in total. The lowest BCUT2D eigenvalue weighted by Gasteiger charge is -2.07. The third-order valence-corrected chi connectivity index (χ3v) is 2.71. The normalized spacial score (nSPS) is 10.2. The van der Waals surface area contributed by atoms with E-state index in [1.165, 1.54) is 12.1 Å². The molecule has 104 valence electrons. The number of nitrogens with one attached hydrogen (secondary N) is 1. The number of benzene rings is 1. The van der Waals surface area contributed by atoms with Gasteiger partial charge in [0.2, 0.25) is 5.91 Å². The Kier molecular flexibility index (Phi) is 6.32. The first-order valence-electron chi connectivity index (χ1n) is 5.95. The highest BCUT2D eigenvalue weighted by Crippen LogP contribution is 2.20. The fourth-order valence-electron chi connectivity index (χ4n) is 1.47. The molecule has 0 spiro atoms. The van der Waals surface area contributed by atoms with Crippen molar-refractivity contribution in [3.8, 4) is 0 Å². The molecule has 6 heteroatoms. The summed E-state index contributed by atoms with van der Waals surface area (Å²) in [6.07, 6.45) is 0.948. The molecule has 0 aliphatic carbocycles. The largest absolute Gasteiger partial charge is 0.478 e. The minimum Gasteiger partial charge on any atom is -0.478 e. The van der Waals surface area contributed by atoms with Crippen molar-refractivity contribution in [2.75, 3.05) is 18.5 Å². The number of carbonyl (C=O) groups excluding carboxylic acids is 1. The summed E-state index contributed by atoms with van der Waals surface area (Å²) < 4.78 is 5.13. The maximum absolute atomic E-state index is 11.6. The summed E-state index contributed by atoms with van der Waals surface area (Å²) in [5, 5.41) is 11.7. The minimum absolute atomic E-state index is 0.0335. The van der Waals surface area contributed by atoms with E-state index < -0.39 is 5.97 Å². The van der Waals surface area contributed by atoms with Crippen molar-refractivity contribution >= 4 is 29.2 Å². The second kappa shape index (κ2) is 7.76. The van der Waals surface area contributed by atoms with Crippen LogP contribution >= 0.6 is 11.6 Å². The van der Waals surface area contributed by atoms with E-state index in [4.69, 9.17) is 21.4 Å². The number of halogens is 1. The lowest BCUT2D eigenvalue weighted by atomic mass is 10.2. The van der Waals surface area contributed by atoms with Gasteiger partial charge >= 0.3 is 5.97 Å². The van der Waals surface area contributed by atoms with E-state index in [9.17, 15) is 9.59 Å². The van der Waals surface area contributed by atoms with Gasteiger partial charge in [-0.25, -0.2) is 4.79 Å². The zero-order chi connectivity index (χ0) is 14.3. The Bertz CT molecular complexity index is 462. The molecule has 0 aromatic heterocycles. The SMILES string of the molecule is CCOCCCC(=O)Nc1ccc(Cl)c(C(=O)O)c1. The minimum atomic E-state index is -1.13. The van der Waals surface area contributed by atoms with Gasteiger partial charge in [0.1, 0.15) is 0 Å². The summed E-state index contributed by atoms with van der Waals surface area (Å²) in [6.45, 7) is 3.05. The molecule has 1 rings (SSSR count). The topological polar surface area (TPSA) is 75.6 Å². The van der Waals surface area contributed by atoms with Crippen LogP contribution in [0.2, 0.25) is 5.02 Å². The number of hydrogen-bond acceptors (Lipinski definition) is 3. The Hall–Kier alpha value is -1.59. The van der Waals surface area contributed by atoms with Crippen LogP contribution in [0.1, 0.15) is 30.1 Å². The van der Waals surface area contributed by atoms with E-state index in [-0.39, 0.29) is 16.5 Å². The highest BCUT2D eigenvalue weighted by molar-refractivity contribution is 6.33. The molecule has 5 nitrogen and oxygen atoms in total. The first-order valence-corrected chi connectivity index (χ1v) is 6.32. The predicted octanol–water partition coefficient (Wildman–Crippen LogP) is 2.79. The zero-order valence-corrected chi connectivity index (χ0v) is 11.4. The molecule has 0 radical (unpaired) electrons. The first kappa shape index (κ1) is 15.5. The quantitative estimate of drug-likeness (QED) is 0.755. The molecular weight excluding hydrogens is 270 g/mol. The van der Waals surface area contributed by atoms with Gasteiger partial charge in [-0.2, -0.15) is 0 Å². The van der Waals surface area contributed by atoms with Gasteiger partial charge in [-0.05, 0) is 31.5 Å². The van der Waals surface area contributed by atoms with E-state index in [1.807, 2.05) is 6.92 Å². The van der Waals surface area contributed by atoms with Gasteiger partial charge in [0.15, 0.2) is 0 Å². The van der Waals surface area contributed by atoms with Crippen LogP contribution in [0.3, 0.4) is 0 Å². The van der Waals surface area contributed by atoms with Crippen LogP contribution in [0.4, 0.5) is 5.69 Å². The molecule has 1 aromatic rings. The van der Waals surface area contributed by atoms with Crippen molar-refractivity contribution in [2.45, 2.75) is 19.8 Å². The second-order valence-corrected chi connectivity index (χ2v) is 4.26. The van der Waals surface area contributed by atoms with Crippen molar-refractivity contribution in [2.24, 2.45) is 0 Å². The molecule has 0 unspecified atom stereocenters. The Morgan fingerprint density at radius 3 is 2.79 bits per heavy atom. The van der Waals surface area contributed by atoms with Crippen LogP contribution in [-0.4, -0.2) is 30.2 Å². The van der Waals surface area contributed by atoms with Crippen molar-refractivity contribution in [1.82, 2.24) is 0 Å². The van der Waals surface area contributed by atoms with E-state index in [1.54, 1.807) is 6.07 Å². The number of carboxylic acid groups (broad SMARTS) is 1. The molecular formula is C13H16ClNO4. The maximum atomic E-state index is 11.6. The van der Waals surface area contributed by atoms with E-state index in [2.05, 4.69) is 5.32 Å².